The van der Waals surface area contributed by atoms with Gasteiger partial charge in [0.2, 0.25) is 0 Å². The van der Waals surface area contributed by atoms with Crippen molar-refractivity contribution >= 4 is 17.3 Å². The Balaban J connectivity index is 1.90. The molecule has 2 aromatic rings. The summed E-state index contributed by atoms with van der Waals surface area (Å²) in [4.78, 5) is 12.4. The highest BCUT2D eigenvalue weighted by molar-refractivity contribution is 6.06. The highest BCUT2D eigenvalue weighted by Crippen LogP contribution is 2.29. The van der Waals surface area contributed by atoms with Crippen LogP contribution < -0.4 is 10.6 Å². The van der Waals surface area contributed by atoms with Crippen molar-refractivity contribution in [2.24, 2.45) is 0 Å². The van der Waals surface area contributed by atoms with Gasteiger partial charge in [-0.1, -0.05) is 12.1 Å². The zero-order valence-corrected chi connectivity index (χ0v) is 11.9. The van der Waals surface area contributed by atoms with Crippen LogP contribution in [-0.2, 0) is 6.42 Å². The number of halogens is 1. The van der Waals surface area contributed by atoms with Crippen LogP contribution in [0.2, 0.25) is 0 Å². The van der Waals surface area contributed by atoms with E-state index in [0.717, 1.165) is 41.9 Å². The quantitative estimate of drug-likeness (QED) is 0.882. The summed E-state index contributed by atoms with van der Waals surface area (Å²) < 4.78 is 13.3. The molecule has 0 bridgehead atoms. The summed E-state index contributed by atoms with van der Waals surface area (Å²) in [6.07, 6.45) is 1.97. The lowest BCUT2D eigenvalue weighted by molar-refractivity contribution is 0.102. The van der Waals surface area contributed by atoms with Crippen LogP contribution >= 0.6 is 0 Å². The van der Waals surface area contributed by atoms with Crippen LogP contribution in [0.25, 0.3) is 0 Å². The van der Waals surface area contributed by atoms with E-state index in [2.05, 4.69) is 10.6 Å². The molecule has 3 nitrogen and oxygen atoms in total. The van der Waals surface area contributed by atoms with Gasteiger partial charge in [0.25, 0.3) is 5.91 Å². The second-order valence-corrected chi connectivity index (χ2v) is 5.28. The number of fused-ring (bicyclic) bond motifs is 1. The van der Waals surface area contributed by atoms with Gasteiger partial charge in [-0.25, -0.2) is 4.39 Å². The third kappa shape index (κ3) is 2.75. The summed E-state index contributed by atoms with van der Waals surface area (Å²) >= 11 is 0. The molecule has 2 N–H and O–H groups in total. The standard InChI is InChI=1S/C17H17FN2O/c1-11-7-8-12(18)10-14(11)17(21)20-16-6-2-5-15-13(16)4-3-9-19-15/h2,5-8,10,19H,3-4,9H2,1H3,(H,20,21). The molecular weight excluding hydrogens is 267 g/mol. The number of benzene rings is 2. The predicted octanol–water partition coefficient (Wildman–Crippen LogP) is 3.74. The molecule has 1 heterocycles. The molecule has 0 fully saturated rings. The van der Waals surface area contributed by atoms with Crippen LogP contribution in [0.5, 0.6) is 0 Å². The maximum Gasteiger partial charge on any atom is 0.256 e. The first kappa shape index (κ1) is 13.6. The van der Waals surface area contributed by atoms with Crippen LogP contribution in [0.4, 0.5) is 15.8 Å². The van der Waals surface area contributed by atoms with Gasteiger partial charge in [0.15, 0.2) is 0 Å². The molecule has 1 aliphatic heterocycles. The van der Waals surface area contributed by atoms with Gasteiger partial charge < -0.3 is 10.6 Å². The Morgan fingerprint density at radius 2 is 2.14 bits per heavy atom. The fraction of sp³-hybridized carbons (Fsp3) is 0.235. The maximum absolute atomic E-state index is 13.3. The number of aryl methyl sites for hydroxylation is 1. The van der Waals surface area contributed by atoms with Crippen molar-refractivity contribution in [2.45, 2.75) is 19.8 Å². The van der Waals surface area contributed by atoms with Crippen molar-refractivity contribution < 1.29 is 9.18 Å². The second-order valence-electron chi connectivity index (χ2n) is 5.28. The molecule has 0 atom stereocenters. The summed E-state index contributed by atoms with van der Waals surface area (Å²) in [6.45, 7) is 2.75. The minimum Gasteiger partial charge on any atom is -0.385 e. The van der Waals surface area contributed by atoms with E-state index < -0.39 is 5.82 Å². The van der Waals surface area contributed by atoms with Gasteiger partial charge in [-0.3, -0.25) is 4.79 Å². The molecule has 0 aliphatic carbocycles. The van der Waals surface area contributed by atoms with Crippen LogP contribution in [-0.4, -0.2) is 12.5 Å². The van der Waals surface area contributed by atoms with Gasteiger partial charge >= 0.3 is 0 Å². The Morgan fingerprint density at radius 1 is 1.29 bits per heavy atom. The molecule has 21 heavy (non-hydrogen) atoms. The normalized spacial score (nSPS) is 13.2. The number of hydrogen-bond donors (Lipinski definition) is 2. The monoisotopic (exact) mass is 284 g/mol. The predicted molar refractivity (Wildman–Crippen MR) is 82.3 cm³/mol. The molecular formula is C17H17FN2O. The number of rotatable bonds is 2. The zero-order chi connectivity index (χ0) is 14.8. The first-order valence-corrected chi connectivity index (χ1v) is 7.08. The summed E-state index contributed by atoms with van der Waals surface area (Å²) in [6, 6.07) is 10.1. The molecule has 0 aromatic heterocycles. The Morgan fingerprint density at radius 3 is 3.00 bits per heavy atom. The lowest BCUT2D eigenvalue weighted by Crippen LogP contribution is -2.18. The van der Waals surface area contributed by atoms with Crippen molar-refractivity contribution in [2.75, 3.05) is 17.2 Å². The molecule has 1 amide bonds. The Hall–Kier alpha value is -2.36. The fourth-order valence-corrected chi connectivity index (χ4v) is 2.66. The topological polar surface area (TPSA) is 41.1 Å². The molecule has 1 aliphatic rings. The van der Waals surface area contributed by atoms with Gasteiger partial charge in [-0.15, -0.1) is 0 Å². The minimum atomic E-state index is -0.400. The largest absolute Gasteiger partial charge is 0.385 e. The van der Waals surface area contributed by atoms with E-state index in [1.54, 1.807) is 13.0 Å². The summed E-state index contributed by atoms with van der Waals surface area (Å²) in [7, 11) is 0. The zero-order valence-electron chi connectivity index (χ0n) is 11.9. The first-order valence-electron chi connectivity index (χ1n) is 7.08. The van der Waals surface area contributed by atoms with E-state index in [0.29, 0.717) is 5.56 Å². The van der Waals surface area contributed by atoms with Crippen LogP contribution in [0, 0.1) is 12.7 Å². The van der Waals surface area contributed by atoms with Crippen molar-refractivity contribution in [3.8, 4) is 0 Å². The summed E-state index contributed by atoms with van der Waals surface area (Å²) in [5, 5.41) is 6.23. The minimum absolute atomic E-state index is 0.272. The molecule has 0 spiro atoms. The third-order valence-corrected chi connectivity index (χ3v) is 3.79. The average Bonchev–Trinajstić information content (AvgIpc) is 2.50. The van der Waals surface area contributed by atoms with Crippen molar-refractivity contribution in [1.29, 1.82) is 0 Å². The van der Waals surface area contributed by atoms with Gasteiger partial charge in [-0.05, 0) is 55.2 Å². The highest BCUT2D eigenvalue weighted by Gasteiger charge is 2.16. The van der Waals surface area contributed by atoms with Gasteiger partial charge in [-0.2, -0.15) is 0 Å². The highest BCUT2D eigenvalue weighted by atomic mass is 19.1. The van der Waals surface area contributed by atoms with Gasteiger partial charge in [0.05, 0.1) is 0 Å². The van der Waals surface area contributed by atoms with Crippen molar-refractivity contribution in [1.82, 2.24) is 0 Å². The molecule has 2 aromatic carbocycles. The lowest BCUT2D eigenvalue weighted by atomic mass is 10.0. The molecule has 4 heteroatoms. The van der Waals surface area contributed by atoms with Crippen LogP contribution in [0.1, 0.15) is 27.9 Å². The average molecular weight is 284 g/mol. The van der Waals surface area contributed by atoms with E-state index in [1.807, 2.05) is 18.2 Å². The molecule has 108 valence electrons. The number of hydrogen-bond acceptors (Lipinski definition) is 2. The van der Waals surface area contributed by atoms with Crippen LogP contribution in [0.3, 0.4) is 0 Å². The Bertz CT molecular complexity index is 697. The first-order chi connectivity index (χ1) is 10.1. The SMILES string of the molecule is Cc1ccc(F)cc1C(=O)Nc1cccc2c1CCCN2. The lowest BCUT2D eigenvalue weighted by Gasteiger charge is -2.21. The maximum atomic E-state index is 13.3. The van der Waals surface area contributed by atoms with Gasteiger partial charge in [0.1, 0.15) is 5.82 Å². The summed E-state index contributed by atoms with van der Waals surface area (Å²) in [5.41, 5.74) is 4.11. The fourth-order valence-electron chi connectivity index (χ4n) is 2.66. The van der Waals surface area contributed by atoms with E-state index in [4.69, 9.17) is 0 Å². The smallest absolute Gasteiger partial charge is 0.256 e. The molecule has 3 rings (SSSR count). The van der Waals surface area contributed by atoms with E-state index in [1.165, 1.54) is 12.1 Å². The van der Waals surface area contributed by atoms with Crippen LogP contribution in [0.15, 0.2) is 36.4 Å². The second kappa shape index (κ2) is 5.56. The van der Waals surface area contributed by atoms with Crippen molar-refractivity contribution in [3.05, 3.63) is 58.9 Å². The van der Waals surface area contributed by atoms with Gasteiger partial charge in [0, 0.05) is 23.5 Å². The van der Waals surface area contributed by atoms with E-state index in [9.17, 15) is 9.18 Å². The van der Waals surface area contributed by atoms with E-state index in [-0.39, 0.29) is 5.91 Å². The number of carbonyl (C=O) groups is 1. The molecule has 0 saturated heterocycles. The number of amides is 1. The number of carbonyl (C=O) groups excluding carboxylic acids is 1. The molecule has 0 unspecified atom stereocenters. The molecule has 0 radical (unpaired) electrons. The Kier molecular flexibility index (Phi) is 3.60. The summed E-state index contributed by atoms with van der Waals surface area (Å²) in [5.74, 6) is -0.673. The number of anilines is 2. The van der Waals surface area contributed by atoms with E-state index >= 15 is 0 Å². The molecule has 0 saturated carbocycles. The van der Waals surface area contributed by atoms with Crippen molar-refractivity contribution in [3.63, 3.8) is 0 Å². The Labute approximate surface area is 123 Å². The number of nitrogens with one attached hydrogen (secondary N) is 2. The third-order valence-electron chi connectivity index (χ3n) is 3.79.